The number of fused-ring (bicyclic) bond motifs is 1. The van der Waals surface area contributed by atoms with Gasteiger partial charge in [-0.25, -0.2) is 0 Å². The van der Waals surface area contributed by atoms with E-state index in [1.165, 1.54) is 16.3 Å². The summed E-state index contributed by atoms with van der Waals surface area (Å²) in [5, 5.41) is 5.72. The van der Waals surface area contributed by atoms with E-state index >= 15 is 0 Å². The van der Waals surface area contributed by atoms with Crippen LogP contribution in [0.2, 0.25) is 5.02 Å². The largest absolute Gasteiger partial charge is 0.343 e. The van der Waals surface area contributed by atoms with Gasteiger partial charge in [0.15, 0.2) is 0 Å². The van der Waals surface area contributed by atoms with E-state index in [4.69, 9.17) is 11.6 Å². The van der Waals surface area contributed by atoms with Crippen molar-refractivity contribution in [2.24, 2.45) is 0 Å². The molecule has 0 unspecified atom stereocenters. The lowest BCUT2D eigenvalue weighted by molar-refractivity contribution is -0.131. The Morgan fingerprint density at radius 1 is 0.900 bits per heavy atom. The molecular weight excluding hydrogens is 398 g/mol. The van der Waals surface area contributed by atoms with Gasteiger partial charge in [-0.15, -0.1) is 0 Å². The van der Waals surface area contributed by atoms with Gasteiger partial charge in [0.2, 0.25) is 5.91 Å². The maximum Gasteiger partial charge on any atom is 0.251 e. The van der Waals surface area contributed by atoms with Gasteiger partial charge in [0.05, 0.1) is 6.54 Å². The Morgan fingerprint density at radius 2 is 1.63 bits per heavy atom. The molecule has 1 aliphatic rings. The standard InChI is InChI=1S/C24H24ClN3O2/c25-21-9-4-7-19(15-21)24(30)26-16-23(29)28-13-11-27(12-14-28)17-20-8-3-6-18-5-1-2-10-22(18)20/h1-10,15H,11-14,16-17H2,(H,26,30). The molecule has 1 fully saturated rings. The fraction of sp³-hybridized carbons (Fsp3) is 0.250. The summed E-state index contributed by atoms with van der Waals surface area (Å²) in [5.74, 6) is -0.351. The van der Waals surface area contributed by atoms with E-state index in [1.54, 1.807) is 24.3 Å². The van der Waals surface area contributed by atoms with Gasteiger partial charge >= 0.3 is 0 Å². The van der Waals surface area contributed by atoms with Crippen LogP contribution in [0.1, 0.15) is 15.9 Å². The normalized spacial score (nSPS) is 14.6. The highest BCUT2D eigenvalue weighted by atomic mass is 35.5. The van der Waals surface area contributed by atoms with Crippen LogP contribution in [0.3, 0.4) is 0 Å². The van der Waals surface area contributed by atoms with Crippen LogP contribution >= 0.6 is 11.6 Å². The highest BCUT2D eigenvalue weighted by Gasteiger charge is 2.22. The molecule has 0 saturated carbocycles. The van der Waals surface area contributed by atoms with Crippen molar-refractivity contribution in [1.82, 2.24) is 15.1 Å². The molecule has 1 saturated heterocycles. The summed E-state index contributed by atoms with van der Waals surface area (Å²) in [6.07, 6.45) is 0. The van der Waals surface area contributed by atoms with Gasteiger partial charge in [-0.2, -0.15) is 0 Å². The topological polar surface area (TPSA) is 52.7 Å². The monoisotopic (exact) mass is 421 g/mol. The number of halogens is 1. The predicted octanol–water partition coefficient (Wildman–Crippen LogP) is 3.57. The molecule has 0 atom stereocenters. The average molecular weight is 422 g/mol. The summed E-state index contributed by atoms with van der Waals surface area (Å²) < 4.78 is 0. The van der Waals surface area contributed by atoms with Crippen LogP contribution in [0.5, 0.6) is 0 Å². The van der Waals surface area contributed by atoms with Crippen LogP contribution in [0.15, 0.2) is 66.7 Å². The van der Waals surface area contributed by atoms with Crippen LogP contribution in [0.4, 0.5) is 0 Å². The summed E-state index contributed by atoms with van der Waals surface area (Å²) in [6.45, 7) is 3.82. The minimum Gasteiger partial charge on any atom is -0.343 e. The van der Waals surface area contributed by atoms with Crippen molar-refractivity contribution in [2.75, 3.05) is 32.7 Å². The summed E-state index contributed by atoms with van der Waals surface area (Å²) in [4.78, 5) is 28.9. The number of carbonyl (C=O) groups is 2. The van der Waals surface area contributed by atoms with E-state index in [0.29, 0.717) is 23.7 Å². The molecule has 1 aliphatic heterocycles. The number of carbonyl (C=O) groups excluding carboxylic acids is 2. The van der Waals surface area contributed by atoms with Gasteiger partial charge < -0.3 is 10.2 Å². The van der Waals surface area contributed by atoms with Crippen LogP contribution < -0.4 is 5.32 Å². The minimum absolute atomic E-state index is 0.00529. The molecule has 30 heavy (non-hydrogen) atoms. The molecule has 4 rings (SSSR count). The lowest BCUT2D eigenvalue weighted by Crippen LogP contribution is -2.50. The predicted molar refractivity (Wildman–Crippen MR) is 120 cm³/mol. The van der Waals surface area contributed by atoms with Crippen molar-refractivity contribution in [3.8, 4) is 0 Å². The molecule has 0 aromatic heterocycles. The molecule has 5 nitrogen and oxygen atoms in total. The molecule has 1 heterocycles. The second-order valence-electron chi connectivity index (χ2n) is 7.49. The smallest absolute Gasteiger partial charge is 0.251 e. The van der Waals surface area contributed by atoms with E-state index in [0.717, 1.165) is 19.6 Å². The van der Waals surface area contributed by atoms with E-state index < -0.39 is 0 Å². The van der Waals surface area contributed by atoms with E-state index in [2.05, 4.69) is 52.7 Å². The second-order valence-corrected chi connectivity index (χ2v) is 7.92. The second kappa shape index (κ2) is 9.28. The third kappa shape index (κ3) is 4.81. The fourth-order valence-corrected chi connectivity index (χ4v) is 4.02. The van der Waals surface area contributed by atoms with Crippen molar-refractivity contribution >= 4 is 34.2 Å². The quantitative estimate of drug-likeness (QED) is 0.685. The van der Waals surface area contributed by atoms with Gasteiger partial charge in [0.1, 0.15) is 0 Å². The van der Waals surface area contributed by atoms with Crippen LogP contribution in [-0.4, -0.2) is 54.3 Å². The van der Waals surface area contributed by atoms with Crippen molar-refractivity contribution < 1.29 is 9.59 Å². The Labute approximate surface area is 181 Å². The molecule has 0 bridgehead atoms. The Kier molecular flexibility index (Phi) is 6.31. The lowest BCUT2D eigenvalue weighted by Gasteiger charge is -2.35. The van der Waals surface area contributed by atoms with Gasteiger partial charge in [0, 0.05) is 43.3 Å². The van der Waals surface area contributed by atoms with Crippen molar-refractivity contribution in [3.63, 3.8) is 0 Å². The molecule has 0 spiro atoms. The van der Waals surface area contributed by atoms with Gasteiger partial charge in [-0.3, -0.25) is 14.5 Å². The first-order chi connectivity index (χ1) is 14.6. The number of benzene rings is 3. The van der Waals surface area contributed by atoms with Gasteiger partial charge in [-0.1, -0.05) is 60.1 Å². The van der Waals surface area contributed by atoms with E-state index in [-0.39, 0.29) is 18.4 Å². The molecule has 3 aromatic carbocycles. The minimum atomic E-state index is -0.291. The molecular formula is C24H24ClN3O2. The van der Waals surface area contributed by atoms with Crippen LogP contribution in [0, 0.1) is 0 Å². The number of amides is 2. The van der Waals surface area contributed by atoms with Crippen molar-refractivity contribution in [2.45, 2.75) is 6.54 Å². The first-order valence-corrected chi connectivity index (χ1v) is 10.5. The third-order valence-electron chi connectivity index (χ3n) is 5.49. The van der Waals surface area contributed by atoms with Gasteiger partial charge in [0.25, 0.3) is 5.91 Å². The number of nitrogens with zero attached hydrogens (tertiary/aromatic N) is 2. The zero-order chi connectivity index (χ0) is 20.9. The first kappa shape index (κ1) is 20.4. The SMILES string of the molecule is O=C(NCC(=O)N1CCN(Cc2cccc3ccccc23)CC1)c1cccc(Cl)c1. The molecule has 3 aromatic rings. The number of hydrogen-bond acceptors (Lipinski definition) is 3. The third-order valence-corrected chi connectivity index (χ3v) is 5.72. The Morgan fingerprint density at radius 3 is 2.43 bits per heavy atom. The summed E-state index contributed by atoms with van der Waals surface area (Å²) >= 11 is 5.92. The highest BCUT2D eigenvalue weighted by Crippen LogP contribution is 2.20. The Hall–Kier alpha value is -2.89. The average Bonchev–Trinajstić information content (AvgIpc) is 2.78. The Balaban J connectivity index is 1.28. The molecule has 6 heteroatoms. The summed E-state index contributed by atoms with van der Waals surface area (Å²) in [7, 11) is 0. The first-order valence-electron chi connectivity index (χ1n) is 10.1. The maximum absolute atomic E-state index is 12.5. The molecule has 0 aliphatic carbocycles. The van der Waals surface area contributed by atoms with Crippen LogP contribution in [0.25, 0.3) is 10.8 Å². The zero-order valence-corrected chi connectivity index (χ0v) is 17.4. The number of piperazine rings is 1. The molecule has 154 valence electrons. The lowest BCUT2D eigenvalue weighted by atomic mass is 10.0. The van der Waals surface area contributed by atoms with E-state index in [1.807, 2.05) is 4.90 Å². The van der Waals surface area contributed by atoms with Gasteiger partial charge in [-0.05, 0) is 34.5 Å². The van der Waals surface area contributed by atoms with E-state index in [9.17, 15) is 9.59 Å². The summed E-state index contributed by atoms with van der Waals surface area (Å²) in [6, 6.07) is 21.5. The Bertz CT molecular complexity index is 1060. The van der Waals surface area contributed by atoms with Crippen LogP contribution in [-0.2, 0) is 11.3 Å². The van der Waals surface area contributed by atoms with Crippen molar-refractivity contribution in [1.29, 1.82) is 0 Å². The molecule has 2 amide bonds. The number of hydrogen-bond donors (Lipinski definition) is 1. The molecule has 1 N–H and O–H groups in total. The summed E-state index contributed by atoms with van der Waals surface area (Å²) in [5.41, 5.74) is 1.76. The fourth-order valence-electron chi connectivity index (χ4n) is 3.83. The number of nitrogens with one attached hydrogen (secondary N) is 1. The highest BCUT2D eigenvalue weighted by molar-refractivity contribution is 6.31. The maximum atomic E-state index is 12.5. The zero-order valence-electron chi connectivity index (χ0n) is 16.7. The number of rotatable bonds is 5. The van der Waals surface area contributed by atoms with Crippen molar-refractivity contribution in [3.05, 3.63) is 82.9 Å². The molecule has 0 radical (unpaired) electrons.